The van der Waals surface area contributed by atoms with Gasteiger partial charge in [-0.3, -0.25) is 9.78 Å². The molecule has 1 saturated heterocycles. The lowest BCUT2D eigenvalue weighted by Gasteiger charge is -2.36. The monoisotopic (exact) mass is 659 g/mol. The molecule has 0 radical (unpaired) electrons. The molecule has 47 heavy (non-hydrogen) atoms. The lowest BCUT2D eigenvalue weighted by atomic mass is 9.97. The molecule has 2 aromatic heterocycles. The van der Waals surface area contributed by atoms with Crippen molar-refractivity contribution in [2.75, 3.05) is 5.75 Å². The van der Waals surface area contributed by atoms with Gasteiger partial charge in [-0.25, -0.2) is 4.98 Å². The van der Waals surface area contributed by atoms with Crippen LogP contribution < -0.4 is 5.32 Å². The number of rotatable bonds is 10. The molecule has 1 aliphatic rings. The predicted molar refractivity (Wildman–Crippen MR) is 186 cm³/mol. The average molecular weight is 660 g/mol. The van der Waals surface area contributed by atoms with Gasteiger partial charge < -0.3 is 19.9 Å². The normalized spacial score (nSPS) is 17.9. The van der Waals surface area contributed by atoms with Gasteiger partial charge in [-0.1, -0.05) is 96.7 Å². The van der Waals surface area contributed by atoms with E-state index in [0.29, 0.717) is 18.5 Å². The summed E-state index contributed by atoms with van der Waals surface area (Å²) in [5.41, 5.74) is 7.50. The average Bonchev–Trinajstić information content (AvgIpc) is 3.57. The summed E-state index contributed by atoms with van der Waals surface area (Å²) in [6.07, 6.45) is 3.16. The van der Waals surface area contributed by atoms with Crippen molar-refractivity contribution in [3.8, 4) is 11.1 Å². The molecule has 3 atom stereocenters. The Morgan fingerprint density at radius 1 is 0.894 bits per heavy atom. The molecule has 9 heteroatoms. The molecule has 7 nitrogen and oxygen atoms in total. The summed E-state index contributed by atoms with van der Waals surface area (Å²) < 4.78 is 15.4. The van der Waals surface area contributed by atoms with Crippen LogP contribution in [0.25, 0.3) is 21.3 Å². The fourth-order valence-electron chi connectivity index (χ4n) is 5.65. The summed E-state index contributed by atoms with van der Waals surface area (Å²) in [5, 5.41) is 12.6. The molecule has 0 unspecified atom stereocenters. The molecule has 1 fully saturated rings. The second-order valence-corrected chi connectivity index (χ2v) is 13.6. The number of carbonyl (C=O) groups excluding carboxylic acids is 1. The number of aromatic nitrogens is 2. The van der Waals surface area contributed by atoms with Crippen molar-refractivity contribution < 1.29 is 19.4 Å². The fourth-order valence-corrected chi connectivity index (χ4v) is 7.76. The van der Waals surface area contributed by atoms with Gasteiger partial charge in [0.05, 0.1) is 34.6 Å². The van der Waals surface area contributed by atoms with Crippen LogP contribution in [-0.4, -0.2) is 32.8 Å². The van der Waals surface area contributed by atoms with Crippen LogP contribution in [0.4, 0.5) is 0 Å². The standard InChI is InChI=1S/C38H33N3O4S2/c42-23-25-11-13-27(14-12-25)34-20-31(24-46-38-41-33-9-3-4-10-35(33)47-38)44-37(45-34)28-17-15-26(16-18-28)32-8-2-1-6-29(32)22-40-36(43)30-7-5-19-39-21-30/h1-19,21,31,34,37,42H,20,22-24H2,(H,40,43)/t31-,34+,37+/m1/s1. The fraction of sp³-hybridized carbons (Fsp3) is 0.184. The highest BCUT2D eigenvalue weighted by atomic mass is 32.2. The molecule has 6 aromatic rings. The summed E-state index contributed by atoms with van der Waals surface area (Å²) in [6.45, 7) is 0.399. The van der Waals surface area contributed by atoms with Crippen molar-refractivity contribution in [2.24, 2.45) is 0 Å². The SMILES string of the molecule is O=C(NCc1ccccc1-c1ccc([C@H]2O[C@@H](CSc3nc4ccccc4s3)C[C@@H](c3ccc(CO)cc3)O2)cc1)c1cccnc1. The zero-order valence-corrected chi connectivity index (χ0v) is 27.1. The van der Waals surface area contributed by atoms with Crippen molar-refractivity contribution >= 4 is 39.2 Å². The summed E-state index contributed by atoms with van der Waals surface area (Å²) >= 11 is 3.42. The van der Waals surface area contributed by atoms with Gasteiger partial charge >= 0.3 is 0 Å². The van der Waals surface area contributed by atoms with Crippen molar-refractivity contribution in [2.45, 2.75) is 42.4 Å². The maximum atomic E-state index is 12.6. The number of aliphatic hydroxyl groups is 1. The number of para-hydroxylation sites is 1. The number of pyridine rings is 1. The predicted octanol–water partition coefficient (Wildman–Crippen LogP) is 8.12. The van der Waals surface area contributed by atoms with Gasteiger partial charge in [0.15, 0.2) is 10.6 Å². The molecule has 0 bridgehead atoms. The van der Waals surface area contributed by atoms with Gasteiger partial charge in [0.1, 0.15) is 0 Å². The minimum Gasteiger partial charge on any atom is -0.392 e. The highest BCUT2D eigenvalue weighted by molar-refractivity contribution is 8.01. The highest BCUT2D eigenvalue weighted by Crippen LogP contribution is 2.40. The summed E-state index contributed by atoms with van der Waals surface area (Å²) in [6, 6.07) is 36.0. The van der Waals surface area contributed by atoms with E-state index < -0.39 is 6.29 Å². The van der Waals surface area contributed by atoms with Crippen LogP contribution in [0.3, 0.4) is 0 Å². The maximum absolute atomic E-state index is 12.6. The summed E-state index contributed by atoms with van der Waals surface area (Å²) in [4.78, 5) is 21.5. The molecule has 1 aliphatic heterocycles. The Morgan fingerprint density at radius 3 is 2.47 bits per heavy atom. The Labute approximate surface area is 281 Å². The van der Waals surface area contributed by atoms with Crippen molar-refractivity contribution in [3.05, 3.63) is 149 Å². The lowest BCUT2D eigenvalue weighted by Crippen LogP contribution is -2.31. The van der Waals surface area contributed by atoms with Gasteiger partial charge in [0.25, 0.3) is 5.91 Å². The maximum Gasteiger partial charge on any atom is 0.253 e. The number of thiazole rings is 1. The molecule has 2 N–H and O–H groups in total. The molecule has 236 valence electrons. The minimum absolute atomic E-state index is 0.00528. The van der Waals surface area contributed by atoms with E-state index in [9.17, 15) is 9.90 Å². The quantitative estimate of drug-likeness (QED) is 0.144. The molecule has 4 aromatic carbocycles. The van der Waals surface area contributed by atoms with E-state index >= 15 is 0 Å². The first kappa shape index (κ1) is 31.2. The van der Waals surface area contributed by atoms with E-state index in [0.717, 1.165) is 49.0 Å². The number of hydrogen-bond donors (Lipinski definition) is 2. The minimum atomic E-state index is -0.546. The van der Waals surface area contributed by atoms with E-state index in [1.165, 1.54) is 4.70 Å². The number of benzene rings is 4. The number of fused-ring (bicyclic) bond motifs is 1. The number of thioether (sulfide) groups is 1. The van der Waals surface area contributed by atoms with E-state index in [1.54, 1.807) is 47.6 Å². The van der Waals surface area contributed by atoms with Crippen molar-refractivity contribution in [3.63, 3.8) is 0 Å². The number of nitrogens with zero attached hydrogens (tertiary/aromatic N) is 2. The number of hydrogen-bond acceptors (Lipinski definition) is 8. The van der Waals surface area contributed by atoms with Gasteiger partial charge in [0, 0.05) is 36.7 Å². The van der Waals surface area contributed by atoms with Gasteiger partial charge in [-0.05, 0) is 52.1 Å². The second kappa shape index (κ2) is 14.6. The third-order valence-corrected chi connectivity index (χ3v) is 10.5. The van der Waals surface area contributed by atoms with Gasteiger partial charge in [0.2, 0.25) is 0 Å². The van der Waals surface area contributed by atoms with Crippen LogP contribution in [0.15, 0.2) is 126 Å². The first-order valence-electron chi connectivity index (χ1n) is 15.5. The number of carbonyl (C=O) groups is 1. The molecule has 1 amide bonds. The van der Waals surface area contributed by atoms with Crippen LogP contribution in [0.2, 0.25) is 0 Å². The van der Waals surface area contributed by atoms with Gasteiger partial charge in [-0.15, -0.1) is 11.3 Å². The molecular weight excluding hydrogens is 627 g/mol. The topological polar surface area (TPSA) is 93.6 Å². The zero-order valence-electron chi connectivity index (χ0n) is 25.5. The van der Waals surface area contributed by atoms with Crippen molar-refractivity contribution in [1.82, 2.24) is 15.3 Å². The second-order valence-electron chi connectivity index (χ2n) is 11.3. The number of aliphatic hydroxyl groups excluding tert-OH is 1. The van der Waals surface area contributed by atoms with Crippen LogP contribution in [0.5, 0.6) is 0 Å². The zero-order chi connectivity index (χ0) is 32.0. The lowest BCUT2D eigenvalue weighted by molar-refractivity contribution is -0.245. The Morgan fingerprint density at radius 2 is 1.68 bits per heavy atom. The largest absolute Gasteiger partial charge is 0.392 e. The van der Waals surface area contributed by atoms with Crippen LogP contribution in [0.1, 0.15) is 51.4 Å². The first-order valence-corrected chi connectivity index (χ1v) is 17.3. The third kappa shape index (κ3) is 7.45. The van der Waals surface area contributed by atoms with Crippen LogP contribution in [0, 0.1) is 0 Å². The van der Waals surface area contributed by atoms with Gasteiger partial charge in [-0.2, -0.15) is 0 Å². The smallest absolute Gasteiger partial charge is 0.253 e. The Balaban J connectivity index is 1.08. The van der Waals surface area contributed by atoms with E-state index in [-0.39, 0.29) is 24.7 Å². The van der Waals surface area contributed by atoms with Crippen molar-refractivity contribution in [1.29, 1.82) is 0 Å². The van der Waals surface area contributed by atoms with E-state index in [1.807, 2.05) is 60.7 Å². The Bertz CT molecular complexity index is 1920. The van der Waals surface area contributed by atoms with Crippen LogP contribution in [-0.2, 0) is 22.6 Å². The molecule has 0 spiro atoms. The summed E-state index contributed by atoms with van der Waals surface area (Å²) in [5.74, 6) is 0.590. The van der Waals surface area contributed by atoms with E-state index in [4.69, 9.17) is 14.5 Å². The number of amides is 1. The van der Waals surface area contributed by atoms with E-state index in [2.05, 4.69) is 46.7 Å². The Hall–Kier alpha value is -4.38. The Kier molecular flexibility index (Phi) is 9.69. The summed E-state index contributed by atoms with van der Waals surface area (Å²) in [7, 11) is 0. The highest BCUT2D eigenvalue weighted by Gasteiger charge is 2.32. The molecule has 0 aliphatic carbocycles. The third-order valence-electron chi connectivity index (χ3n) is 8.16. The molecule has 3 heterocycles. The number of ether oxygens (including phenoxy) is 2. The molecule has 7 rings (SSSR count). The number of nitrogens with one attached hydrogen (secondary N) is 1. The first-order chi connectivity index (χ1) is 23.1. The van der Waals surface area contributed by atoms with Crippen LogP contribution >= 0.6 is 23.1 Å². The molecule has 0 saturated carbocycles. The molecular formula is C38H33N3O4S2.